The van der Waals surface area contributed by atoms with Gasteiger partial charge < -0.3 is 5.21 Å². The Morgan fingerprint density at radius 1 is 1.50 bits per heavy atom. The summed E-state index contributed by atoms with van der Waals surface area (Å²) in [6, 6.07) is 0. The molecule has 60 valence electrons. The summed E-state index contributed by atoms with van der Waals surface area (Å²) in [6.07, 6.45) is 0. The summed E-state index contributed by atoms with van der Waals surface area (Å²) < 4.78 is 22.8. The van der Waals surface area contributed by atoms with Crippen LogP contribution in [0.3, 0.4) is 0 Å². The van der Waals surface area contributed by atoms with Gasteiger partial charge >= 0.3 is 0 Å². The molecule has 0 aliphatic carbocycles. The fourth-order valence-electron chi connectivity index (χ4n) is 0.316. The van der Waals surface area contributed by atoms with Crippen molar-refractivity contribution in [3.05, 3.63) is 0 Å². The van der Waals surface area contributed by atoms with Crippen LogP contribution in [-0.4, -0.2) is 37.1 Å². The number of nitrogens with zero attached hydrogens (tertiary/aromatic N) is 2. The largest absolute Gasteiger partial charge is 0.410 e. The molecule has 0 rings (SSSR count). The van der Waals surface area contributed by atoms with Gasteiger partial charge in [-0.1, -0.05) is 5.16 Å². The van der Waals surface area contributed by atoms with E-state index in [1.807, 2.05) is 0 Å². The summed E-state index contributed by atoms with van der Waals surface area (Å²) in [7, 11) is -0.763. The van der Waals surface area contributed by atoms with Gasteiger partial charge in [0.25, 0.3) is 10.0 Å². The van der Waals surface area contributed by atoms with Crippen LogP contribution in [0.15, 0.2) is 5.16 Å². The number of hydrogen-bond donors (Lipinski definition) is 1. The predicted molar refractivity (Wildman–Crippen MR) is 37.5 cm³/mol. The van der Waals surface area contributed by atoms with Gasteiger partial charge in [0.2, 0.25) is 0 Å². The molecule has 6 heteroatoms. The van der Waals surface area contributed by atoms with E-state index >= 15 is 0 Å². The lowest BCUT2D eigenvalue weighted by Crippen LogP contribution is -2.28. The zero-order valence-electron chi connectivity index (χ0n) is 6.07. The average Bonchev–Trinajstić information content (AvgIpc) is 1.86. The van der Waals surface area contributed by atoms with Crippen LogP contribution in [0.4, 0.5) is 0 Å². The summed E-state index contributed by atoms with van der Waals surface area (Å²) >= 11 is 0. The standard InChI is InChI=1S/C4H10N2O3S/c1-4(5-7)10(8,9)6(2)3/h7H,1-3H3. The molecule has 0 heterocycles. The third-order valence-electron chi connectivity index (χ3n) is 0.995. The first-order chi connectivity index (χ1) is 4.42. The Bertz CT molecular complexity index is 229. The molecule has 0 unspecified atom stereocenters. The van der Waals surface area contributed by atoms with E-state index in [1.165, 1.54) is 21.0 Å². The third-order valence-corrected chi connectivity index (χ3v) is 2.78. The summed E-state index contributed by atoms with van der Waals surface area (Å²) in [5.74, 6) is 0. The molecule has 0 aromatic carbocycles. The third kappa shape index (κ3) is 1.68. The van der Waals surface area contributed by atoms with Gasteiger partial charge in [-0.25, -0.2) is 12.7 Å². The van der Waals surface area contributed by atoms with Gasteiger partial charge in [-0.3, -0.25) is 0 Å². The van der Waals surface area contributed by atoms with Crippen molar-refractivity contribution in [1.82, 2.24) is 4.31 Å². The Hall–Kier alpha value is -0.620. The molecular weight excluding hydrogens is 156 g/mol. The second-order valence-corrected chi connectivity index (χ2v) is 4.18. The SMILES string of the molecule is CC(=NO)S(=O)(=O)N(C)C. The second kappa shape index (κ2) is 2.98. The molecule has 0 aliphatic heterocycles. The molecule has 5 nitrogen and oxygen atoms in total. The van der Waals surface area contributed by atoms with E-state index in [1.54, 1.807) is 0 Å². The Kier molecular flexibility index (Phi) is 2.79. The van der Waals surface area contributed by atoms with Crippen molar-refractivity contribution in [2.75, 3.05) is 14.1 Å². The molecule has 0 spiro atoms. The Morgan fingerprint density at radius 3 is 2.00 bits per heavy atom. The average molecular weight is 166 g/mol. The lowest BCUT2D eigenvalue weighted by molar-refractivity contribution is 0.319. The van der Waals surface area contributed by atoms with Gasteiger partial charge in [-0.15, -0.1) is 0 Å². The highest BCUT2D eigenvalue weighted by atomic mass is 32.2. The van der Waals surface area contributed by atoms with Crippen LogP contribution in [0, 0.1) is 0 Å². The number of hydrogen-bond acceptors (Lipinski definition) is 4. The van der Waals surface area contributed by atoms with Crippen LogP contribution >= 0.6 is 0 Å². The first kappa shape index (κ1) is 9.38. The lowest BCUT2D eigenvalue weighted by Gasteiger charge is -2.08. The number of rotatable bonds is 1. The minimum Gasteiger partial charge on any atom is -0.410 e. The highest BCUT2D eigenvalue weighted by Crippen LogP contribution is 1.96. The highest BCUT2D eigenvalue weighted by molar-refractivity contribution is 8.04. The number of oxime groups is 1. The van der Waals surface area contributed by atoms with E-state index in [9.17, 15) is 8.42 Å². The van der Waals surface area contributed by atoms with Crippen LogP contribution in [0.5, 0.6) is 0 Å². The van der Waals surface area contributed by atoms with Crippen molar-refractivity contribution in [2.24, 2.45) is 5.16 Å². The second-order valence-electron chi connectivity index (χ2n) is 1.91. The molecule has 0 amide bonds. The van der Waals surface area contributed by atoms with Crippen LogP contribution in [0.25, 0.3) is 0 Å². The van der Waals surface area contributed by atoms with Gasteiger partial charge in [-0.2, -0.15) is 0 Å². The van der Waals surface area contributed by atoms with E-state index in [0.29, 0.717) is 0 Å². The van der Waals surface area contributed by atoms with Gasteiger partial charge in [0, 0.05) is 14.1 Å². The van der Waals surface area contributed by atoms with Crippen LogP contribution in [0.1, 0.15) is 6.92 Å². The van der Waals surface area contributed by atoms with E-state index in [2.05, 4.69) is 5.16 Å². The molecular formula is C4H10N2O3S. The van der Waals surface area contributed by atoms with Crippen molar-refractivity contribution < 1.29 is 13.6 Å². The maximum absolute atomic E-state index is 10.9. The van der Waals surface area contributed by atoms with Crippen molar-refractivity contribution >= 4 is 15.1 Å². The smallest absolute Gasteiger partial charge is 0.259 e. The maximum Gasteiger partial charge on any atom is 0.259 e. The molecule has 1 N–H and O–H groups in total. The Morgan fingerprint density at radius 2 is 1.90 bits per heavy atom. The molecule has 0 aromatic heterocycles. The van der Waals surface area contributed by atoms with Gasteiger partial charge in [-0.05, 0) is 6.92 Å². The minimum absolute atomic E-state index is 0.308. The zero-order chi connectivity index (χ0) is 8.36. The zero-order valence-corrected chi connectivity index (χ0v) is 6.88. The Labute approximate surface area is 60.0 Å². The first-order valence-corrected chi connectivity index (χ1v) is 3.98. The molecule has 0 radical (unpaired) electrons. The summed E-state index contributed by atoms with van der Waals surface area (Å²) in [5.41, 5.74) is 0. The first-order valence-electron chi connectivity index (χ1n) is 2.54. The van der Waals surface area contributed by atoms with Gasteiger partial charge in [0.05, 0.1) is 0 Å². The molecule has 0 aliphatic rings. The van der Waals surface area contributed by atoms with Crippen LogP contribution < -0.4 is 0 Å². The summed E-state index contributed by atoms with van der Waals surface area (Å²) in [5, 5.41) is 10.4. The normalized spacial score (nSPS) is 14.2. The van der Waals surface area contributed by atoms with Crippen molar-refractivity contribution in [3.8, 4) is 0 Å². The molecule has 0 fully saturated rings. The van der Waals surface area contributed by atoms with E-state index in [0.717, 1.165) is 4.31 Å². The van der Waals surface area contributed by atoms with Crippen molar-refractivity contribution in [1.29, 1.82) is 0 Å². The van der Waals surface area contributed by atoms with E-state index < -0.39 is 10.0 Å². The monoisotopic (exact) mass is 166 g/mol. The summed E-state index contributed by atoms with van der Waals surface area (Å²) in [6.45, 7) is 1.22. The predicted octanol–water partition coefficient (Wildman–Crippen LogP) is -0.315. The highest BCUT2D eigenvalue weighted by Gasteiger charge is 2.17. The summed E-state index contributed by atoms with van der Waals surface area (Å²) in [4.78, 5) is 0. The van der Waals surface area contributed by atoms with E-state index in [-0.39, 0.29) is 5.04 Å². The fraction of sp³-hybridized carbons (Fsp3) is 0.750. The molecule has 0 bridgehead atoms. The van der Waals surface area contributed by atoms with Gasteiger partial charge in [0.1, 0.15) is 0 Å². The molecule has 10 heavy (non-hydrogen) atoms. The van der Waals surface area contributed by atoms with Crippen LogP contribution in [0.2, 0.25) is 0 Å². The Balaban J connectivity index is 4.78. The molecule has 0 saturated carbocycles. The molecule has 0 atom stereocenters. The van der Waals surface area contributed by atoms with Crippen LogP contribution in [-0.2, 0) is 10.0 Å². The van der Waals surface area contributed by atoms with Crippen molar-refractivity contribution in [2.45, 2.75) is 6.92 Å². The lowest BCUT2D eigenvalue weighted by atomic mass is 10.9. The molecule has 0 saturated heterocycles. The van der Waals surface area contributed by atoms with Crippen molar-refractivity contribution in [3.63, 3.8) is 0 Å². The fourth-order valence-corrected chi connectivity index (χ4v) is 0.947. The maximum atomic E-state index is 10.9. The minimum atomic E-state index is -3.49. The topological polar surface area (TPSA) is 70.0 Å². The number of sulfonamides is 1. The van der Waals surface area contributed by atoms with Gasteiger partial charge in [0.15, 0.2) is 5.04 Å². The molecule has 0 aromatic rings. The quantitative estimate of drug-likeness (QED) is 0.251. The van der Waals surface area contributed by atoms with E-state index in [4.69, 9.17) is 5.21 Å².